The summed E-state index contributed by atoms with van der Waals surface area (Å²) >= 11 is 0. The third-order valence-electron chi connectivity index (χ3n) is 4.97. The minimum absolute atomic E-state index is 0.0834. The number of hydrogen-bond donors (Lipinski definition) is 1. The van der Waals surface area contributed by atoms with Crippen LogP contribution >= 0.6 is 0 Å². The SMILES string of the molecule is CC(CC(=O)Nc1cccc(CS(=O)C2CCOCC2)c1)c1cccc(F)c1. The molecule has 150 valence electrons. The molecule has 3 rings (SSSR count). The summed E-state index contributed by atoms with van der Waals surface area (Å²) in [5.41, 5.74) is 2.44. The molecule has 2 atom stereocenters. The van der Waals surface area contributed by atoms with Crippen LogP contribution in [0.4, 0.5) is 10.1 Å². The van der Waals surface area contributed by atoms with Gasteiger partial charge >= 0.3 is 0 Å². The molecule has 1 N–H and O–H groups in total. The summed E-state index contributed by atoms with van der Waals surface area (Å²) in [5, 5.41) is 3.08. The van der Waals surface area contributed by atoms with Crippen molar-refractivity contribution in [2.75, 3.05) is 18.5 Å². The first-order chi connectivity index (χ1) is 13.5. The third-order valence-corrected chi connectivity index (χ3v) is 6.80. The lowest BCUT2D eigenvalue weighted by Crippen LogP contribution is -2.25. The van der Waals surface area contributed by atoms with Gasteiger partial charge in [0.2, 0.25) is 5.91 Å². The first-order valence-electron chi connectivity index (χ1n) is 9.60. The Morgan fingerprint density at radius 3 is 2.71 bits per heavy atom. The minimum Gasteiger partial charge on any atom is -0.381 e. The van der Waals surface area contributed by atoms with Crippen molar-refractivity contribution < 1.29 is 18.1 Å². The van der Waals surface area contributed by atoms with E-state index < -0.39 is 10.8 Å². The number of nitrogens with one attached hydrogen (secondary N) is 1. The van der Waals surface area contributed by atoms with Crippen molar-refractivity contribution in [3.05, 3.63) is 65.5 Å². The molecular weight excluding hydrogens is 377 g/mol. The molecule has 1 saturated heterocycles. The van der Waals surface area contributed by atoms with Gasteiger partial charge in [-0.25, -0.2) is 4.39 Å². The van der Waals surface area contributed by atoms with Gasteiger partial charge in [-0.05, 0) is 54.2 Å². The Balaban J connectivity index is 1.56. The van der Waals surface area contributed by atoms with Crippen LogP contribution in [0.3, 0.4) is 0 Å². The van der Waals surface area contributed by atoms with Crippen molar-refractivity contribution in [2.24, 2.45) is 0 Å². The summed E-state index contributed by atoms with van der Waals surface area (Å²) < 4.78 is 31.3. The van der Waals surface area contributed by atoms with E-state index in [1.54, 1.807) is 6.07 Å². The van der Waals surface area contributed by atoms with E-state index in [-0.39, 0.29) is 29.3 Å². The van der Waals surface area contributed by atoms with Crippen LogP contribution in [0.2, 0.25) is 0 Å². The average molecular weight is 404 g/mol. The largest absolute Gasteiger partial charge is 0.381 e. The fraction of sp³-hybridized carbons (Fsp3) is 0.409. The van der Waals surface area contributed by atoms with E-state index in [1.165, 1.54) is 12.1 Å². The molecule has 2 unspecified atom stereocenters. The highest BCUT2D eigenvalue weighted by Gasteiger charge is 2.20. The van der Waals surface area contributed by atoms with Gasteiger partial charge in [-0.3, -0.25) is 9.00 Å². The highest BCUT2D eigenvalue weighted by atomic mass is 32.2. The summed E-state index contributed by atoms with van der Waals surface area (Å²) in [6.07, 6.45) is 1.93. The van der Waals surface area contributed by atoms with Crippen molar-refractivity contribution >= 4 is 22.4 Å². The van der Waals surface area contributed by atoms with Gasteiger partial charge in [-0.15, -0.1) is 0 Å². The molecule has 4 nitrogen and oxygen atoms in total. The number of amides is 1. The number of benzene rings is 2. The molecule has 1 aliphatic rings. The molecule has 2 aromatic carbocycles. The van der Waals surface area contributed by atoms with Crippen LogP contribution in [0.5, 0.6) is 0 Å². The van der Waals surface area contributed by atoms with E-state index in [2.05, 4.69) is 5.32 Å². The minimum atomic E-state index is -0.943. The van der Waals surface area contributed by atoms with Crippen molar-refractivity contribution in [3.63, 3.8) is 0 Å². The Morgan fingerprint density at radius 1 is 1.21 bits per heavy atom. The van der Waals surface area contributed by atoms with Gasteiger partial charge in [-0.1, -0.05) is 31.2 Å². The van der Waals surface area contributed by atoms with Crippen LogP contribution in [-0.2, 0) is 26.1 Å². The maximum absolute atomic E-state index is 13.4. The fourth-order valence-corrected chi connectivity index (χ4v) is 4.84. The van der Waals surface area contributed by atoms with Crippen molar-refractivity contribution in [1.82, 2.24) is 0 Å². The third kappa shape index (κ3) is 5.97. The second kappa shape index (κ2) is 9.94. The first kappa shape index (κ1) is 20.7. The summed E-state index contributed by atoms with van der Waals surface area (Å²) in [4.78, 5) is 12.4. The predicted octanol–water partition coefficient (Wildman–Crippen LogP) is 4.39. The van der Waals surface area contributed by atoms with Crippen molar-refractivity contribution in [3.8, 4) is 0 Å². The maximum Gasteiger partial charge on any atom is 0.224 e. The molecule has 0 bridgehead atoms. The van der Waals surface area contributed by atoms with Crippen molar-refractivity contribution in [1.29, 1.82) is 0 Å². The molecule has 1 aliphatic heterocycles. The number of carbonyl (C=O) groups excluding carboxylic acids is 1. The lowest BCUT2D eigenvalue weighted by molar-refractivity contribution is -0.116. The van der Waals surface area contributed by atoms with Gasteiger partial charge in [0, 0.05) is 47.1 Å². The second-order valence-electron chi connectivity index (χ2n) is 7.25. The molecule has 0 radical (unpaired) electrons. The van der Waals surface area contributed by atoms with Crippen LogP contribution in [-0.4, -0.2) is 28.6 Å². The standard InChI is InChI=1S/C22H26FNO3S/c1-16(18-5-3-6-19(23)14-18)12-22(25)24-20-7-2-4-17(13-20)15-28(26)21-8-10-27-11-9-21/h2-7,13-14,16,21H,8-12,15H2,1H3,(H,24,25). The zero-order chi connectivity index (χ0) is 19.9. The van der Waals surface area contributed by atoms with E-state index in [0.717, 1.165) is 24.0 Å². The van der Waals surface area contributed by atoms with E-state index in [9.17, 15) is 13.4 Å². The van der Waals surface area contributed by atoms with Gasteiger partial charge < -0.3 is 10.1 Å². The Labute approximate surface area is 167 Å². The number of hydrogen-bond acceptors (Lipinski definition) is 3. The Hall–Kier alpha value is -2.05. The Morgan fingerprint density at radius 2 is 1.96 bits per heavy atom. The number of anilines is 1. The van der Waals surface area contributed by atoms with Gasteiger partial charge in [0.05, 0.1) is 0 Å². The summed E-state index contributed by atoms with van der Waals surface area (Å²) in [6, 6.07) is 13.8. The molecule has 0 saturated carbocycles. The van der Waals surface area contributed by atoms with E-state index in [4.69, 9.17) is 4.74 Å². The highest BCUT2D eigenvalue weighted by Crippen LogP contribution is 2.22. The molecule has 0 spiro atoms. The average Bonchev–Trinajstić information content (AvgIpc) is 2.69. The van der Waals surface area contributed by atoms with Crippen molar-refractivity contribution in [2.45, 2.75) is 43.1 Å². The van der Waals surface area contributed by atoms with Crippen LogP contribution < -0.4 is 5.32 Å². The number of carbonyl (C=O) groups is 1. The number of halogens is 1. The monoisotopic (exact) mass is 403 g/mol. The molecule has 2 aromatic rings. The van der Waals surface area contributed by atoms with Gasteiger partial charge in [0.1, 0.15) is 5.82 Å². The quantitative estimate of drug-likeness (QED) is 0.746. The topological polar surface area (TPSA) is 55.4 Å². The molecule has 28 heavy (non-hydrogen) atoms. The summed E-state index contributed by atoms with van der Waals surface area (Å²) in [7, 11) is -0.943. The number of ether oxygens (including phenoxy) is 1. The fourth-order valence-electron chi connectivity index (χ4n) is 3.38. The predicted molar refractivity (Wildman–Crippen MR) is 110 cm³/mol. The van der Waals surface area contributed by atoms with Gasteiger partial charge in [0.15, 0.2) is 0 Å². The maximum atomic E-state index is 13.4. The summed E-state index contributed by atoms with van der Waals surface area (Å²) in [6.45, 7) is 3.26. The molecule has 1 amide bonds. The Kier molecular flexibility index (Phi) is 7.34. The van der Waals surface area contributed by atoms with E-state index >= 15 is 0 Å². The van der Waals surface area contributed by atoms with E-state index in [1.807, 2.05) is 37.3 Å². The van der Waals surface area contributed by atoms with Crippen LogP contribution in [0.25, 0.3) is 0 Å². The molecule has 0 aromatic heterocycles. The highest BCUT2D eigenvalue weighted by molar-refractivity contribution is 7.84. The number of rotatable bonds is 7. The zero-order valence-electron chi connectivity index (χ0n) is 16.0. The lowest BCUT2D eigenvalue weighted by atomic mass is 9.97. The van der Waals surface area contributed by atoms with Gasteiger partial charge in [0.25, 0.3) is 0 Å². The molecule has 6 heteroatoms. The molecular formula is C22H26FNO3S. The van der Waals surface area contributed by atoms with Crippen LogP contribution in [0, 0.1) is 5.82 Å². The lowest BCUT2D eigenvalue weighted by Gasteiger charge is -2.21. The molecule has 0 aliphatic carbocycles. The normalized spacial score (nSPS) is 17.1. The zero-order valence-corrected chi connectivity index (χ0v) is 16.8. The Bertz CT molecular complexity index is 836. The van der Waals surface area contributed by atoms with Gasteiger partial charge in [-0.2, -0.15) is 0 Å². The van der Waals surface area contributed by atoms with E-state index in [0.29, 0.717) is 24.7 Å². The smallest absolute Gasteiger partial charge is 0.224 e. The molecule has 1 heterocycles. The second-order valence-corrected chi connectivity index (χ2v) is 8.96. The molecule has 1 fully saturated rings. The van der Waals surface area contributed by atoms with Crippen LogP contribution in [0.1, 0.15) is 43.2 Å². The first-order valence-corrected chi connectivity index (χ1v) is 11.0. The summed E-state index contributed by atoms with van der Waals surface area (Å²) in [5.74, 6) is -0.0250. The van der Waals surface area contributed by atoms with Crippen LogP contribution in [0.15, 0.2) is 48.5 Å².